The Balaban J connectivity index is 2.77. The van der Waals surface area contributed by atoms with Crippen LogP contribution in [0.5, 0.6) is 0 Å². The van der Waals surface area contributed by atoms with Gasteiger partial charge >= 0.3 is 11.9 Å². The molecule has 6 heteroatoms. The number of hydrogen-bond acceptors (Lipinski definition) is 6. The monoisotopic (exact) mass is 287 g/mol. The molecule has 1 aliphatic rings. The maximum atomic E-state index is 12.2. The highest BCUT2D eigenvalue weighted by atomic mass is 16.6. The summed E-state index contributed by atoms with van der Waals surface area (Å²) in [5, 5.41) is 0. The molecule has 0 saturated carbocycles. The van der Waals surface area contributed by atoms with Crippen LogP contribution < -0.4 is 0 Å². The molecule has 0 amide bonds. The molecule has 0 aromatic rings. The summed E-state index contributed by atoms with van der Waals surface area (Å²) in [5.74, 6) is -0.785. The minimum Gasteiger partial charge on any atom is -0.465 e. The molecule has 0 aromatic heterocycles. The fourth-order valence-electron chi connectivity index (χ4n) is 2.28. The van der Waals surface area contributed by atoms with Crippen molar-refractivity contribution in [1.29, 1.82) is 0 Å². The molecule has 0 aliphatic carbocycles. The second kappa shape index (κ2) is 7.04. The fraction of sp³-hybridized carbons (Fsp3) is 0.857. The molecule has 0 N–H and O–H groups in total. The highest BCUT2D eigenvalue weighted by molar-refractivity contribution is 5.79. The van der Waals surface area contributed by atoms with E-state index < -0.39 is 23.8 Å². The summed E-state index contributed by atoms with van der Waals surface area (Å²) in [7, 11) is 1.44. The zero-order valence-electron chi connectivity index (χ0n) is 13.0. The second-order valence-electron chi connectivity index (χ2n) is 5.77. The summed E-state index contributed by atoms with van der Waals surface area (Å²) in [5.41, 5.74) is -0.590. The van der Waals surface area contributed by atoms with E-state index in [1.54, 1.807) is 32.6 Å². The largest absolute Gasteiger partial charge is 0.465 e. The quantitative estimate of drug-likeness (QED) is 0.711. The van der Waals surface area contributed by atoms with E-state index in [9.17, 15) is 9.59 Å². The van der Waals surface area contributed by atoms with Gasteiger partial charge in [0.1, 0.15) is 11.6 Å². The zero-order chi connectivity index (χ0) is 15.3. The molecule has 0 bridgehead atoms. The van der Waals surface area contributed by atoms with E-state index in [-0.39, 0.29) is 5.97 Å². The first-order chi connectivity index (χ1) is 9.30. The van der Waals surface area contributed by atoms with Crippen LogP contribution in [0.2, 0.25) is 0 Å². The molecule has 0 spiro atoms. The summed E-state index contributed by atoms with van der Waals surface area (Å²) in [6.07, 6.45) is 0.624. The van der Waals surface area contributed by atoms with Crippen molar-refractivity contribution >= 4 is 11.9 Å². The lowest BCUT2D eigenvalue weighted by Gasteiger charge is -2.31. The Hall–Kier alpha value is -1.14. The third-order valence-corrected chi connectivity index (χ3v) is 2.99. The number of hydrogen-bond donors (Lipinski definition) is 0. The third-order valence-electron chi connectivity index (χ3n) is 2.99. The molecule has 1 rings (SSSR count). The molecule has 0 radical (unpaired) electrons. The Kier molecular flexibility index (Phi) is 5.95. The minimum atomic E-state index is -0.869. The third kappa shape index (κ3) is 4.45. The van der Waals surface area contributed by atoms with Crippen molar-refractivity contribution in [3.05, 3.63) is 0 Å². The number of nitrogens with zero attached hydrogens (tertiary/aromatic N) is 1. The van der Waals surface area contributed by atoms with Gasteiger partial charge in [0.2, 0.25) is 6.23 Å². The molecular weight excluding hydrogens is 262 g/mol. The van der Waals surface area contributed by atoms with E-state index in [1.165, 1.54) is 7.11 Å². The Labute approximate surface area is 120 Å². The molecule has 1 aliphatic heterocycles. The van der Waals surface area contributed by atoms with Gasteiger partial charge in [0.25, 0.3) is 0 Å². The van der Waals surface area contributed by atoms with Gasteiger partial charge in [-0.15, -0.1) is 0 Å². The standard InChI is InChI=1S/C14H25NO5/c1-6-19-12(16)10-8-7-9-15(10)11(18-5)13(17)20-14(2,3)4/h10-11H,6-9H2,1-5H3. The molecule has 1 fully saturated rings. The van der Waals surface area contributed by atoms with Crippen molar-refractivity contribution in [2.75, 3.05) is 20.3 Å². The number of carbonyl (C=O) groups is 2. The van der Waals surface area contributed by atoms with E-state index in [2.05, 4.69) is 0 Å². The molecule has 0 aromatic carbocycles. The topological polar surface area (TPSA) is 65.1 Å². The van der Waals surface area contributed by atoms with Gasteiger partial charge in [0.15, 0.2) is 0 Å². The van der Waals surface area contributed by atoms with E-state index in [0.29, 0.717) is 19.6 Å². The van der Waals surface area contributed by atoms with Gasteiger partial charge in [-0.05, 0) is 40.5 Å². The van der Waals surface area contributed by atoms with Crippen LogP contribution in [-0.2, 0) is 23.8 Å². The molecule has 116 valence electrons. The lowest BCUT2D eigenvalue weighted by Crippen LogP contribution is -2.50. The molecule has 2 unspecified atom stereocenters. The lowest BCUT2D eigenvalue weighted by atomic mass is 10.2. The predicted octanol–water partition coefficient (Wildman–Crippen LogP) is 1.33. The van der Waals surface area contributed by atoms with Crippen LogP contribution in [0.25, 0.3) is 0 Å². The van der Waals surface area contributed by atoms with Gasteiger partial charge in [0, 0.05) is 13.7 Å². The van der Waals surface area contributed by atoms with Crippen molar-refractivity contribution in [1.82, 2.24) is 4.90 Å². The van der Waals surface area contributed by atoms with Crippen molar-refractivity contribution < 1.29 is 23.8 Å². The number of likely N-dealkylation sites (tertiary alicyclic amines) is 1. The maximum absolute atomic E-state index is 12.2. The lowest BCUT2D eigenvalue weighted by molar-refractivity contribution is -0.182. The van der Waals surface area contributed by atoms with E-state index in [1.807, 2.05) is 0 Å². The fourth-order valence-corrected chi connectivity index (χ4v) is 2.28. The average Bonchev–Trinajstić information content (AvgIpc) is 2.77. The molecule has 20 heavy (non-hydrogen) atoms. The van der Waals surface area contributed by atoms with Crippen molar-refractivity contribution in [2.24, 2.45) is 0 Å². The normalized spacial score (nSPS) is 21.6. The summed E-state index contributed by atoms with van der Waals surface area (Å²) in [6.45, 7) is 8.09. The van der Waals surface area contributed by atoms with Crippen LogP contribution >= 0.6 is 0 Å². The Bertz CT molecular complexity index is 350. The van der Waals surface area contributed by atoms with Crippen LogP contribution in [0.3, 0.4) is 0 Å². The summed E-state index contributed by atoms with van der Waals surface area (Å²) < 4.78 is 15.6. The minimum absolute atomic E-state index is 0.310. The van der Waals surface area contributed by atoms with Crippen LogP contribution in [0.15, 0.2) is 0 Å². The smallest absolute Gasteiger partial charge is 0.351 e. The van der Waals surface area contributed by atoms with Crippen molar-refractivity contribution in [2.45, 2.75) is 58.4 Å². The first-order valence-electron chi connectivity index (χ1n) is 6.98. The van der Waals surface area contributed by atoms with E-state index in [4.69, 9.17) is 14.2 Å². The first kappa shape index (κ1) is 16.9. The van der Waals surface area contributed by atoms with Gasteiger partial charge in [0.05, 0.1) is 6.61 Å². The van der Waals surface area contributed by atoms with Gasteiger partial charge in [-0.2, -0.15) is 0 Å². The Morgan fingerprint density at radius 1 is 1.35 bits per heavy atom. The van der Waals surface area contributed by atoms with Crippen molar-refractivity contribution in [3.8, 4) is 0 Å². The molecule has 2 atom stereocenters. The number of ether oxygens (including phenoxy) is 3. The summed E-state index contributed by atoms with van der Waals surface area (Å²) in [4.78, 5) is 25.8. The van der Waals surface area contributed by atoms with Crippen molar-refractivity contribution in [3.63, 3.8) is 0 Å². The van der Waals surface area contributed by atoms with E-state index in [0.717, 1.165) is 6.42 Å². The number of rotatable bonds is 5. The molecule has 1 heterocycles. The Morgan fingerprint density at radius 2 is 2.00 bits per heavy atom. The number of methoxy groups -OCH3 is 1. The van der Waals surface area contributed by atoms with E-state index >= 15 is 0 Å². The zero-order valence-corrected chi connectivity index (χ0v) is 13.0. The maximum Gasteiger partial charge on any atom is 0.351 e. The van der Waals surface area contributed by atoms with Gasteiger partial charge in [-0.25, -0.2) is 4.79 Å². The highest BCUT2D eigenvalue weighted by Gasteiger charge is 2.41. The average molecular weight is 287 g/mol. The van der Waals surface area contributed by atoms with Crippen LogP contribution in [0.4, 0.5) is 0 Å². The molecular formula is C14H25NO5. The SMILES string of the molecule is CCOC(=O)C1CCCN1C(OC)C(=O)OC(C)(C)C. The Morgan fingerprint density at radius 3 is 2.50 bits per heavy atom. The van der Waals surface area contributed by atoms with Crippen LogP contribution in [0, 0.1) is 0 Å². The second-order valence-corrected chi connectivity index (χ2v) is 5.77. The van der Waals surface area contributed by atoms with Crippen LogP contribution in [0.1, 0.15) is 40.5 Å². The van der Waals surface area contributed by atoms with Gasteiger partial charge in [-0.3, -0.25) is 9.69 Å². The first-order valence-corrected chi connectivity index (χ1v) is 6.98. The molecule has 6 nitrogen and oxygen atoms in total. The van der Waals surface area contributed by atoms with Crippen LogP contribution in [-0.4, -0.2) is 55.0 Å². The predicted molar refractivity (Wildman–Crippen MR) is 73.0 cm³/mol. The molecule has 1 saturated heterocycles. The summed E-state index contributed by atoms with van der Waals surface area (Å²) in [6, 6.07) is -0.438. The highest BCUT2D eigenvalue weighted by Crippen LogP contribution is 2.23. The number of carbonyl (C=O) groups excluding carboxylic acids is 2. The van der Waals surface area contributed by atoms with Gasteiger partial charge in [-0.1, -0.05) is 0 Å². The summed E-state index contributed by atoms with van der Waals surface area (Å²) >= 11 is 0. The number of esters is 2. The van der Waals surface area contributed by atoms with Gasteiger partial charge < -0.3 is 14.2 Å².